The SMILES string of the molecule is CCCCN(CC(N)=O)C(=O)c1cc(Br)cc(Br)c1. The number of primary amides is 1. The Kier molecular flexibility index (Phi) is 6.51. The maximum absolute atomic E-state index is 12.4. The van der Waals surface area contributed by atoms with Crippen molar-refractivity contribution in [3.63, 3.8) is 0 Å². The fourth-order valence-corrected chi connectivity index (χ4v) is 2.94. The monoisotopic (exact) mass is 390 g/mol. The van der Waals surface area contributed by atoms with Crippen molar-refractivity contribution in [2.75, 3.05) is 13.1 Å². The number of benzene rings is 1. The number of amides is 2. The van der Waals surface area contributed by atoms with E-state index in [9.17, 15) is 9.59 Å². The topological polar surface area (TPSA) is 63.4 Å². The van der Waals surface area contributed by atoms with Gasteiger partial charge in [0.05, 0.1) is 6.54 Å². The van der Waals surface area contributed by atoms with E-state index in [-0.39, 0.29) is 12.5 Å². The van der Waals surface area contributed by atoms with Crippen LogP contribution in [0.15, 0.2) is 27.1 Å². The predicted molar refractivity (Wildman–Crippen MR) is 81.8 cm³/mol. The van der Waals surface area contributed by atoms with Crippen molar-refractivity contribution >= 4 is 43.7 Å². The van der Waals surface area contributed by atoms with Crippen LogP contribution < -0.4 is 5.73 Å². The highest BCUT2D eigenvalue weighted by Gasteiger charge is 2.18. The third kappa shape index (κ3) is 5.32. The van der Waals surface area contributed by atoms with Crippen molar-refractivity contribution in [2.24, 2.45) is 5.73 Å². The van der Waals surface area contributed by atoms with Crippen LogP contribution in [0.1, 0.15) is 30.1 Å². The van der Waals surface area contributed by atoms with E-state index >= 15 is 0 Å². The molecule has 0 aliphatic carbocycles. The summed E-state index contributed by atoms with van der Waals surface area (Å²) in [5, 5.41) is 0. The fourth-order valence-electron chi connectivity index (χ4n) is 1.65. The molecule has 0 aromatic heterocycles. The average molecular weight is 392 g/mol. The largest absolute Gasteiger partial charge is 0.368 e. The molecule has 0 radical (unpaired) electrons. The molecule has 1 rings (SSSR count). The predicted octanol–water partition coefficient (Wildman–Crippen LogP) is 2.94. The van der Waals surface area contributed by atoms with E-state index in [1.807, 2.05) is 13.0 Å². The van der Waals surface area contributed by atoms with Crippen molar-refractivity contribution in [3.05, 3.63) is 32.7 Å². The number of rotatable bonds is 6. The summed E-state index contributed by atoms with van der Waals surface area (Å²) >= 11 is 6.68. The second kappa shape index (κ2) is 7.65. The third-order valence-corrected chi connectivity index (χ3v) is 3.44. The molecule has 2 amide bonds. The van der Waals surface area contributed by atoms with Gasteiger partial charge in [0.15, 0.2) is 0 Å². The summed E-state index contributed by atoms with van der Waals surface area (Å²) < 4.78 is 1.61. The fraction of sp³-hybridized carbons (Fsp3) is 0.385. The number of carbonyl (C=O) groups excluding carboxylic acids is 2. The van der Waals surface area contributed by atoms with E-state index in [2.05, 4.69) is 31.9 Å². The van der Waals surface area contributed by atoms with Gasteiger partial charge in [-0.3, -0.25) is 9.59 Å². The van der Waals surface area contributed by atoms with Crippen LogP contribution in [0.3, 0.4) is 0 Å². The average Bonchev–Trinajstić information content (AvgIpc) is 2.32. The molecule has 0 saturated heterocycles. The summed E-state index contributed by atoms with van der Waals surface area (Å²) in [6.07, 6.45) is 1.79. The van der Waals surface area contributed by atoms with Crippen LogP contribution in [-0.4, -0.2) is 29.8 Å². The number of hydrogen-bond donors (Lipinski definition) is 1. The highest BCUT2D eigenvalue weighted by atomic mass is 79.9. The van der Waals surface area contributed by atoms with Gasteiger partial charge in [-0.15, -0.1) is 0 Å². The molecule has 0 bridgehead atoms. The number of halogens is 2. The Hall–Kier alpha value is -0.880. The molecule has 0 atom stereocenters. The minimum Gasteiger partial charge on any atom is -0.368 e. The molecule has 0 aliphatic heterocycles. The Labute approximate surface area is 129 Å². The standard InChI is InChI=1S/C13H16Br2N2O2/c1-2-3-4-17(8-12(16)18)13(19)9-5-10(14)7-11(15)6-9/h5-7H,2-4,8H2,1H3,(H2,16,18). The highest BCUT2D eigenvalue weighted by Crippen LogP contribution is 2.21. The minimum absolute atomic E-state index is 0.0526. The summed E-state index contributed by atoms with van der Waals surface area (Å²) in [5.41, 5.74) is 5.72. The minimum atomic E-state index is -0.501. The van der Waals surface area contributed by atoms with Gasteiger partial charge in [-0.25, -0.2) is 0 Å². The van der Waals surface area contributed by atoms with E-state index in [4.69, 9.17) is 5.73 Å². The van der Waals surface area contributed by atoms with Crippen molar-refractivity contribution < 1.29 is 9.59 Å². The Morgan fingerprint density at radius 3 is 2.26 bits per heavy atom. The van der Waals surface area contributed by atoms with Gasteiger partial charge in [-0.1, -0.05) is 45.2 Å². The van der Waals surface area contributed by atoms with E-state index < -0.39 is 5.91 Å². The molecule has 0 fully saturated rings. The van der Waals surface area contributed by atoms with Crippen molar-refractivity contribution in [1.29, 1.82) is 0 Å². The van der Waals surface area contributed by atoms with Gasteiger partial charge in [0.25, 0.3) is 5.91 Å². The molecule has 0 heterocycles. The molecule has 1 aromatic carbocycles. The molecule has 0 saturated carbocycles. The molecule has 0 aliphatic rings. The lowest BCUT2D eigenvalue weighted by Crippen LogP contribution is -2.39. The second-order valence-electron chi connectivity index (χ2n) is 4.20. The van der Waals surface area contributed by atoms with Gasteiger partial charge >= 0.3 is 0 Å². The molecule has 2 N–H and O–H groups in total. The molecule has 104 valence electrons. The third-order valence-electron chi connectivity index (χ3n) is 2.53. The van der Waals surface area contributed by atoms with E-state index in [1.165, 1.54) is 4.90 Å². The number of unbranched alkanes of at least 4 members (excludes halogenated alkanes) is 1. The lowest BCUT2D eigenvalue weighted by molar-refractivity contribution is -0.118. The van der Waals surface area contributed by atoms with Gasteiger partial charge < -0.3 is 10.6 Å². The van der Waals surface area contributed by atoms with Crippen molar-refractivity contribution in [3.8, 4) is 0 Å². The van der Waals surface area contributed by atoms with Crippen LogP contribution in [0, 0.1) is 0 Å². The summed E-state index contributed by atoms with van der Waals surface area (Å²) in [6, 6.07) is 5.31. The molecule has 4 nitrogen and oxygen atoms in total. The normalized spacial score (nSPS) is 10.3. The van der Waals surface area contributed by atoms with Crippen molar-refractivity contribution in [2.45, 2.75) is 19.8 Å². The second-order valence-corrected chi connectivity index (χ2v) is 6.04. The van der Waals surface area contributed by atoms with Gasteiger partial charge in [0.1, 0.15) is 0 Å². The quantitative estimate of drug-likeness (QED) is 0.810. The van der Waals surface area contributed by atoms with Crippen LogP contribution in [0.2, 0.25) is 0 Å². The zero-order chi connectivity index (χ0) is 14.4. The zero-order valence-electron chi connectivity index (χ0n) is 10.7. The molecule has 1 aromatic rings. The first kappa shape index (κ1) is 16.2. The molecular weight excluding hydrogens is 376 g/mol. The summed E-state index contributed by atoms with van der Waals surface area (Å²) in [4.78, 5) is 24.9. The van der Waals surface area contributed by atoms with Crippen LogP contribution >= 0.6 is 31.9 Å². The summed E-state index contributed by atoms with van der Waals surface area (Å²) in [6.45, 7) is 2.51. The van der Waals surface area contributed by atoms with Crippen LogP contribution in [0.4, 0.5) is 0 Å². The Morgan fingerprint density at radius 2 is 1.79 bits per heavy atom. The molecule has 0 spiro atoms. The number of nitrogens with two attached hydrogens (primary N) is 1. The Balaban J connectivity index is 2.93. The van der Waals surface area contributed by atoms with Gasteiger partial charge in [-0.05, 0) is 24.6 Å². The Morgan fingerprint density at radius 1 is 1.21 bits per heavy atom. The first-order chi connectivity index (χ1) is 8.93. The number of hydrogen-bond acceptors (Lipinski definition) is 2. The zero-order valence-corrected chi connectivity index (χ0v) is 13.8. The van der Waals surface area contributed by atoms with Gasteiger partial charge in [0, 0.05) is 21.1 Å². The highest BCUT2D eigenvalue weighted by molar-refractivity contribution is 9.11. The lowest BCUT2D eigenvalue weighted by Gasteiger charge is -2.21. The van der Waals surface area contributed by atoms with Crippen LogP contribution in [-0.2, 0) is 4.79 Å². The van der Waals surface area contributed by atoms with E-state index in [0.717, 1.165) is 21.8 Å². The molecule has 0 unspecified atom stereocenters. The lowest BCUT2D eigenvalue weighted by atomic mass is 10.2. The van der Waals surface area contributed by atoms with E-state index in [1.54, 1.807) is 12.1 Å². The van der Waals surface area contributed by atoms with Crippen LogP contribution in [0.25, 0.3) is 0 Å². The summed E-state index contributed by atoms with van der Waals surface area (Å²) in [7, 11) is 0. The van der Waals surface area contributed by atoms with E-state index in [0.29, 0.717) is 12.1 Å². The molecule has 6 heteroatoms. The first-order valence-corrected chi connectivity index (χ1v) is 7.56. The van der Waals surface area contributed by atoms with Crippen LogP contribution in [0.5, 0.6) is 0 Å². The first-order valence-electron chi connectivity index (χ1n) is 5.97. The Bertz CT molecular complexity index is 457. The van der Waals surface area contributed by atoms with Gasteiger partial charge in [0.2, 0.25) is 5.91 Å². The number of carbonyl (C=O) groups is 2. The smallest absolute Gasteiger partial charge is 0.254 e. The maximum atomic E-state index is 12.4. The molecule has 19 heavy (non-hydrogen) atoms. The number of nitrogens with zero attached hydrogens (tertiary/aromatic N) is 1. The van der Waals surface area contributed by atoms with Crippen molar-refractivity contribution in [1.82, 2.24) is 4.90 Å². The maximum Gasteiger partial charge on any atom is 0.254 e. The molecular formula is C13H16Br2N2O2. The van der Waals surface area contributed by atoms with Gasteiger partial charge in [-0.2, -0.15) is 0 Å². The summed E-state index contributed by atoms with van der Waals surface area (Å²) in [5.74, 6) is -0.687.